The molecule has 0 heterocycles. The molecule has 4 nitrogen and oxygen atoms in total. The van der Waals surface area contributed by atoms with E-state index in [9.17, 15) is 8.42 Å². The van der Waals surface area contributed by atoms with Gasteiger partial charge in [-0.3, -0.25) is 0 Å². The topological polar surface area (TPSA) is 55.4 Å². The number of hydrogen-bond acceptors (Lipinski definition) is 3. The van der Waals surface area contributed by atoms with Gasteiger partial charge in [-0.15, -0.1) is 0 Å². The third-order valence-electron chi connectivity index (χ3n) is 3.28. The van der Waals surface area contributed by atoms with Crippen molar-refractivity contribution >= 4 is 10.0 Å². The first-order valence-corrected chi connectivity index (χ1v) is 8.13. The second-order valence-electron chi connectivity index (χ2n) is 4.93. The lowest BCUT2D eigenvalue weighted by Gasteiger charge is -2.15. The molecule has 21 heavy (non-hydrogen) atoms. The van der Waals surface area contributed by atoms with Crippen LogP contribution in [0.2, 0.25) is 0 Å². The molecule has 2 aromatic rings. The molecule has 0 aliphatic carbocycles. The van der Waals surface area contributed by atoms with Crippen molar-refractivity contribution < 1.29 is 13.2 Å². The quantitative estimate of drug-likeness (QED) is 0.923. The summed E-state index contributed by atoms with van der Waals surface area (Å²) < 4.78 is 32.4. The molecule has 0 amide bonds. The van der Waals surface area contributed by atoms with Gasteiger partial charge in [-0.1, -0.05) is 29.8 Å². The lowest BCUT2D eigenvalue weighted by atomic mass is 10.1. The lowest BCUT2D eigenvalue weighted by molar-refractivity contribution is 0.414. The Hall–Kier alpha value is -1.85. The highest BCUT2D eigenvalue weighted by molar-refractivity contribution is 7.89. The smallest absolute Gasteiger partial charge is 0.241 e. The second kappa shape index (κ2) is 6.28. The van der Waals surface area contributed by atoms with E-state index in [1.165, 1.54) is 0 Å². The van der Waals surface area contributed by atoms with Crippen LogP contribution in [0, 0.1) is 6.92 Å². The number of ether oxygens (including phenoxy) is 1. The zero-order valence-electron chi connectivity index (χ0n) is 12.3. The number of sulfonamides is 1. The fraction of sp³-hybridized carbons (Fsp3) is 0.250. The number of aryl methyl sites for hydroxylation is 1. The average Bonchev–Trinajstić information content (AvgIpc) is 2.47. The van der Waals surface area contributed by atoms with Crippen LogP contribution in [0.25, 0.3) is 0 Å². The fourth-order valence-electron chi connectivity index (χ4n) is 1.98. The van der Waals surface area contributed by atoms with Crippen molar-refractivity contribution in [3.05, 3.63) is 59.7 Å². The van der Waals surface area contributed by atoms with Gasteiger partial charge in [0.2, 0.25) is 10.0 Å². The van der Waals surface area contributed by atoms with Crippen LogP contribution in [0.5, 0.6) is 5.75 Å². The zero-order valence-corrected chi connectivity index (χ0v) is 13.1. The Balaban J connectivity index is 2.17. The van der Waals surface area contributed by atoms with E-state index >= 15 is 0 Å². The van der Waals surface area contributed by atoms with E-state index in [2.05, 4.69) is 4.72 Å². The maximum atomic E-state index is 12.3. The molecule has 1 N–H and O–H groups in total. The van der Waals surface area contributed by atoms with E-state index in [1.54, 1.807) is 31.4 Å². The largest absolute Gasteiger partial charge is 0.497 e. The Bertz CT molecular complexity index is 691. The van der Waals surface area contributed by atoms with Crippen molar-refractivity contribution in [3.63, 3.8) is 0 Å². The van der Waals surface area contributed by atoms with Gasteiger partial charge >= 0.3 is 0 Å². The van der Waals surface area contributed by atoms with Crippen LogP contribution < -0.4 is 9.46 Å². The van der Waals surface area contributed by atoms with Crippen LogP contribution in [0.1, 0.15) is 24.1 Å². The predicted molar refractivity (Wildman–Crippen MR) is 82.9 cm³/mol. The number of methoxy groups -OCH3 is 1. The van der Waals surface area contributed by atoms with Crippen LogP contribution in [-0.4, -0.2) is 15.5 Å². The van der Waals surface area contributed by atoms with Gasteiger partial charge in [-0.25, -0.2) is 13.1 Å². The lowest BCUT2D eigenvalue weighted by Crippen LogP contribution is -2.26. The Morgan fingerprint density at radius 3 is 2.10 bits per heavy atom. The first-order valence-electron chi connectivity index (χ1n) is 6.65. The molecule has 0 saturated carbocycles. The number of benzene rings is 2. The summed E-state index contributed by atoms with van der Waals surface area (Å²) in [6.45, 7) is 3.73. The number of rotatable bonds is 5. The molecule has 0 aliphatic rings. The Labute approximate surface area is 125 Å². The standard InChI is InChI=1S/C16H19NO3S/c1-12-4-10-16(11-5-12)21(18,19)17-13(2)14-6-8-15(20-3)9-7-14/h4-11,13,17H,1-3H3. The molecule has 1 unspecified atom stereocenters. The van der Waals surface area contributed by atoms with Crippen molar-refractivity contribution in [3.8, 4) is 5.75 Å². The highest BCUT2D eigenvalue weighted by Crippen LogP contribution is 2.20. The summed E-state index contributed by atoms with van der Waals surface area (Å²) in [4.78, 5) is 0.272. The van der Waals surface area contributed by atoms with Crippen molar-refractivity contribution in [1.82, 2.24) is 4.72 Å². The highest BCUT2D eigenvalue weighted by atomic mass is 32.2. The predicted octanol–water partition coefficient (Wildman–Crippen LogP) is 3.04. The third-order valence-corrected chi connectivity index (χ3v) is 4.84. The van der Waals surface area contributed by atoms with Crippen molar-refractivity contribution in [2.75, 3.05) is 7.11 Å². The average molecular weight is 305 g/mol. The van der Waals surface area contributed by atoms with Crippen LogP contribution in [-0.2, 0) is 10.0 Å². The molecule has 112 valence electrons. The molecule has 0 bridgehead atoms. The first kappa shape index (κ1) is 15.5. The molecule has 5 heteroatoms. The zero-order chi connectivity index (χ0) is 15.5. The SMILES string of the molecule is COc1ccc(C(C)NS(=O)(=O)c2ccc(C)cc2)cc1. The monoisotopic (exact) mass is 305 g/mol. The van der Waals surface area contributed by atoms with Crippen LogP contribution in [0.4, 0.5) is 0 Å². The van der Waals surface area contributed by atoms with Gasteiger partial charge in [-0.2, -0.15) is 0 Å². The molecule has 1 atom stereocenters. The Morgan fingerprint density at radius 2 is 1.57 bits per heavy atom. The number of nitrogens with one attached hydrogen (secondary N) is 1. The number of hydrogen-bond donors (Lipinski definition) is 1. The molecular formula is C16H19NO3S. The normalized spacial score (nSPS) is 12.9. The molecular weight excluding hydrogens is 286 g/mol. The fourth-order valence-corrected chi connectivity index (χ4v) is 3.21. The summed E-state index contributed by atoms with van der Waals surface area (Å²) in [6.07, 6.45) is 0. The first-order chi connectivity index (χ1) is 9.92. The van der Waals surface area contributed by atoms with Crippen LogP contribution >= 0.6 is 0 Å². The molecule has 2 aromatic carbocycles. The molecule has 0 aromatic heterocycles. The summed E-state index contributed by atoms with van der Waals surface area (Å²) in [5.41, 5.74) is 1.91. The summed E-state index contributed by atoms with van der Waals surface area (Å²) in [7, 11) is -1.93. The Morgan fingerprint density at radius 1 is 1.00 bits per heavy atom. The van der Waals surface area contributed by atoms with Gasteiger partial charge in [-0.05, 0) is 43.7 Å². The maximum absolute atomic E-state index is 12.3. The van der Waals surface area contributed by atoms with Crippen LogP contribution in [0.15, 0.2) is 53.4 Å². The van der Waals surface area contributed by atoms with E-state index in [0.717, 1.165) is 16.9 Å². The summed E-state index contributed by atoms with van der Waals surface area (Å²) >= 11 is 0. The van der Waals surface area contributed by atoms with E-state index < -0.39 is 10.0 Å². The highest BCUT2D eigenvalue weighted by Gasteiger charge is 2.18. The van der Waals surface area contributed by atoms with E-state index in [1.807, 2.05) is 38.1 Å². The minimum atomic E-state index is -3.52. The van der Waals surface area contributed by atoms with Gasteiger partial charge in [0.05, 0.1) is 12.0 Å². The van der Waals surface area contributed by atoms with Gasteiger partial charge in [0.1, 0.15) is 5.75 Å². The molecule has 2 rings (SSSR count). The molecule has 0 radical (unpaired) electrons. The van der Waals surface area contributed by atoms with E-state index in [4.69, 9.17) is 4.74 Å². The minimum absolute atomic E-state index is 0.272. The minimum Gasteiger partial charge on any atom is -0.497 e. The van der Waals surface area contributed by atoms with Gasteiger partial charge < -0.3 is 4.74 Å². The molecule has 0 aliphatic heterocycles. The van der Waals surface area contributed by atoms with Crippen molar-refractivity contribution in [2.24, 2.45) is 0 Å². The molecule has 0 spiro atoms. The summed E-state index contributed by atoms with van der Waals surface area (Å²) in [6, 6.07) is 13.8. The molecule has 0 fully saturated rings. The van der Waals surface area contributed by atoms with Gasteiger partial charge in [0, 0.05) is 6.04 Å². The van der Waals surface area contributed by atoms with Crippen molar-refractivity contribution in [2.45, 2.75) is 24.8 Å². The van der Waals surface area contributed by atoms with Gasteiger partial charge in [0.25, 0.3) is 0 Å². The molecule has 0 saturated heterocycles. The van der Waals surface area contributed by atoms with Crippen LogP contribution in [0.3, 0.4) is 0 Å². The Kier molecular flexibility index (Phi) is 4.65. The van der Waals surface area contributed by atoms with Crippen molar-refractivity contribution in [1.29, 1.82) is 0 Å². The maximum Gasteiger partial charge on any atom is 0.241 e. The van der Waals surface area contributed by atoms with Gasteiger partial charge in [0.15, 0.2) is 0 Å². The third kappa shape index (κ3) is 3.83. The summed E-state index contributed by atoms with van der Waals surface area (Å²) in [5, 5.41) is 0. The van der Waals surface area contributed by atoms with E-state index in [-0.39, 0.29) is 10.9 Å². The van der Waals surface area contributed by atoms with E-state index in [0.29, 0.717) is 0 Å². The second-order valence-corrected chi connectivity index (χ2v) is 6.64. The summed E-state index contributed by atoms with van der Waals surface area (Å²) in [5.74, 6) is 0.743.